The minimum Gasteiger partial charge on any atom is -0.378 e. The van der Waals surface area contributed by atoms with Gasteiger partial charge in [-0.15, -0.1) is 0 Å². The van der Waals surface area contributed by atoms with Gasteiger partial charge in [0.1, 0.15) is 0 Å². The molecule has 0 radical (unpaired) electrons. The fourth-order valence-electron chi connectivity index (χ4n) is 2.39. The van der Waals surface area contributed by atoms with E-state index < -0.39 is 5.41 Å². The second-order valence-electron chi connectivity index (χ2n) is 7.41. The van der Waals surface area contributed by atoms with Gasteiger partial charge in [-0.25, -0.2) is 0 Å². The van der Waals surface area contributed by atoms with Gasteiger partial charge in [0.25, 0.3) is 0 Å². The van der Waals surface area contributed by atoms with Gasteiger partial charge < -0.3 is 15.4 Å². The molecule has 1 saturated carbocycles. The zero-order valence-corrected chi connectivity index (χ0v) is 13.7. The first-order valence-corrected chi connectivity index (χ1v) is 7.07. The van der Waals surface area contributed by atoms with E-state index in [1.807, 2.05) is 20.8 Å². The Labute approximate surface area is 121 Å². The molecule has 0 spiro atoms. The number of ether oxygens (including phenoxy) is 1. The summed E-state index contributed by atoms with van der Waals surface area (Å²) in [4.78, 5) is 23.6. The summed E-state index contributed by atoms with van der Waals surface area (Å²) in [6.07, 6.45) is 0.787. The summed E-state index contributed by atoms with van der Waals surface area (Å²) in [6.45, 7) is 11.7. The Morgan fingerprint density at radius 2 is 1.80 bits per heavy atom. The number of amides is 2. The zero-order valence-electron chi connectivity index (χ0n) is 13.7. The van der Waals surface area contributed by atoms with Crippen molar-refractivity contribution >= 4 is 11.8 Å². The molecule has 0 saturated heterocycles. The summed E-state index contributed by atoms with van der Waals surface area (Å²) < 4.78 is 5.52. The van der Waals surface area contributed by atoms with Crippen LogP contribution in [0.1, 0.15) is 48.0 Å². The van der Waals surface area contributed by atoms with Gasteiger partial charge in [-0.3, -0.25) is 9.59 Å². The molecule has 0 unspecified atom stereocenters. The van der Waals surface area contributed by atoms with Crippen LogP contribution in [0.2, 0.25) is 0 Å². The number of nitrogens with one attached hydrogen (secondary N) is 2. The lowest BCUT2D eigenvalue weighted by Gasteiger charge is -2.59. The Bertz CT molecular complexity index is 398. The van der Waals surface area contributed by atoms with E-state index in [0.717, 1.165) is 6.42 Å². The molecule has 0 aromatic carbocycles. The van der Waals surface area contributed by atoms with E-state index >= 15 is 0 Å². The maximum absolute atomic E-state index is 11.9. The number of hydrogen-bond acceptors (Lipinski definition) is 3. The molecule has 5 nitrogen and oxygen atoms in total. The van der Waals surface area contributed by atoms with Gasteiger partial charge in [-0.05, 0) is 13.3 Å². The van der Waals surface area contributed by atoms with Crippen LogP contribution < -0.4 is 10.6 Å². The number of carbonyl (C=O) groups excluding carboxylic acids is 2. The Kier molecular flexibility index (Phi) is 4.54. The first kappa shape index (κ1) is 17.0. The molecule has 5 heteroatoms. The van der Waals surface area contributed by atoms with Gasteiger partial charge in [-0.2, -0.15) is 0 Å². The monoisotopic (exact) mass is 284 g/mol. The van der Waals surface area contributed by atoms with Crippen molar-refractivity contribution < 1.29 is 14.3 Å². The van der Waals surface area contributed by atoms with Crippen LogP contribution >= 0.6 is 0 Å². The highest BCUT2D eigenvalue weighted by Gasteiger charge is 2.58. The first-order chi connectivity index (χ1) is 8.94. The van der Waals surface area contributed by atoms with E-state index in [1.54, 1.807) is 7.11 Å². The fourth-order valence-corrected chi connectivity index (χ4v) is 2.39. The molecule has 1 rings (SSSR count). The number of methoxy groups -OCH3 is 1. The molecule has 0 bridgehead atoms. The highest BCUT2D eigenvalue weighted by molar-refractivity contribution is 5.87. The topological polar surface area (TPSA) is 67.4 Å². The van der Waals surface area contributed by atoms with Crippen molar-refractivity contribution in [2.24, 2.45) is 10.8 Å². The summed E-state index contributed by atoms with van der Waals surface area (Å²) >= 11 is 0. The highest BCUT2D eigenvalue weighted by Crippen LogP contribution is 2.51. The van der Waals surface area contributed by atoms with Crippen molar-refractivity contribution in [2.45, 2.75) is 59.6 Å². The maximum Gasteiger partial charge on any atom is 0.239 e. The van der Waals surface area contributed by atoms with Crippen LogP contribution in [0.5, 0.6) is 0 Å². The summed E-state index contributed by atoms with van der Waals surface area (Å²) in [5.41, 5.74) is -0.810. The van der Waals surface area contributed by atoms with Crippen molar-refractivity contribution in [1.29, 1.82) is 0 Å². The van der Waals surface area contributed by atoms with E-state index in [9.17, 15) is 9.59 Å². The normalized spacial score (nSPS) is 28.4. The number of rotatable bonds is 4. The second-order valence-corrected chi connectivity index (χ2v) is 7.41. The number of hydrogen-bond donors (Lipinski definition) is 2. The van der Waals surface area contributed by atoms with Gasteiger partial charge in [0.05, 0.1) is 12.1 Å². The average Bonchev–Trinajstić information content (AvgIpc) is 2.33. The van der Waals surface area contributed by atoms with E-state index in [4.69, 9.17) is 4.74 Å². The van der Waals surface area contributed by atoms with Crippen LogP contribution in [0.15, 0.2) is 0 Å². The molecule has 2 N–H and O–H groups in total. The SMILES string of the molecule is CO[C@@]1(C)C[C@H](NC(=O)CNC(=O)C(C)(C)C)C1(C)C. The van der Waals surface area contributed by atoms with Gasteiger partial charge in [0.15, 0.2) is 0 Å². The lowest BCUT2D eigenvalue weighted by Crippen LogP contribution is -2.69. The lowest BCUT2D eigenvalue weighted by molar-refractivity contribution is -0.182. The molecule has 0 aliphatic heterocycles. The van der Waals surface area contributed by atoms with Crippen LogP contribution in [0.4, 0.5) is 0 Å². The second kappa shape index (κ2) is 5.35. The largest absolute Gasteiger partial charge is 0.378 e. The van der Waals surface area contributed by atoms with E-state index in [0.29, 0.717) is 0 Å². The molecule has 1 fully saturated rings. The van der Waals surface area contributed by atoms with E-state index in [1.165, 1.54) is 0 Å². The molecule has 1 aliphatic rings. The van der Waals surface area contributed by atoms with Gasteiger partial charge in [0.2, 0.25) is 11.8 Å². The Balaban J connectivity index is 2.44. The summed E-state index contributed by atoms with van der Waals surface area (Å²) in [5, 5.41) is 5.63. The molecule has 0 aromatic heterocycles. The van der Waals surface area contributed by atoms with Crippen molar-refractivity contribution in [3.05, 3.63) is 0 Å². The number of carbonyl (C=O) groups is 2. The van der Waals surface area contributed by atoms with Crippen molar-refractivity contribution in [1.82, 2.24) is 10.6 Å². The third-order valence-corrected chi connectivity index (χ3v) is 4.70. The molecular formula is C15H28N2O3. The molecule has 20 heavy (non-hydrogen) atoms. The molecule has 2 atom stereocenters. The lowest BCUT2D eigenvalue weighted by atomic mass is 9.56. The predicted molar refractivity (Wildman–Crippen MR) is 78.2 cm³/mol. The van der Waals surface area contributed by atoms with Crippen LogP contribution in [-0.4, -0.2) is 37.1 Å². The molecular weight excluding hydrogens is 256 g/mol. The quantitative estimate of drug-likeness (QED) is 0.821. The fraction of sp³-hybridized carbons (Fsp3) is 0.867. The maximum atomic E-state index is 11.9. The van der Waals surface area contributed by atoms with Crippen LogP contribution in [0, 0.1) is 10.8 Å². The summed E-state index contributed by atoms with van der Waals surface area (Å²) in [5.74, 6) is -0.277. The van der Waals surface area contributed by atoms with Crippen LogP contribution in [-0.2, 0) is 14.3 Å². The molecule has 116 valence electrons. The summed E-state index contributed by atoms with van der Waals surface area (Å²) in [6, 6.07) is 0.0755. The smallest absolute Gasteiger partial charge is 0.239 e. The zero-order chi connectivity index (χ0) is 15.8. The van der Waals surface area contributed by atoms with Crippen molar-refractivity contribution in [2.75, 3.05) is 13.7 Å². The van der Waals surface area contributed by atoms with E-state index in [2.05, 4.69) is 31.4 Å². The predicted octanol–water partition coefficient (Wildman–Crippen LogP) is 1.47. The van der Waals surface area contributed by atoms with Crippen molar-refractivity contribution in [3.63, 3.8) is 0 Å². The van der Waals surface area contributed by atoms with Gasteiger partial charge in [-0.1, -0.05) is 34.6 Å². The Morgan fingerprint density at radius 1 is 1.25 bits per heavy atom. The Morgan fingerprint density at radius 3 is 2.20 bits per heavy atom. The Hall–Kier alpha value is -1.10. The third-order valence-electron chi connectivity index (χ3n) is 4.70. The highest BCUT2D eigenvalue weighted by atomic mass is 16.5. The first-order valence-electron chi connectivity index (χ1n) is 7.07. The summed E-state index contributed by atoms with van der Waals surface area (Å²) in [7, 11) is 1.70. The van der Waals surface area contributed by atoms with E-state index in [-0.39, 0.29) is 35.4 Å². The van der Waals surface area contributed by atoms with Crippen molar-refractivity contribution in [3.8, 4) is 0 Å². The molecule has 0 heterocycles. The minimum atomic E-state index is -0.482. The van der Waals surface area contributed by atoms with Gasteiger partial charge >= 0.3 is 0 Å². The molecule has 0 aromatic rings. The van der Waals surface area contributed by atoms with Crippen LogP contribution in [0.3, 0.4) is 0 Å². The average molecular weight is 284 g/mol. The molecule has 1 aliphatic carbocycles. The third kappa shape index (κ3) is 3.14. The standard InChI is InChI=1S/C15H28N2O3/c1-13(2,3)12(19)16-9-11(18)17-10-8-15(6,20-7)14(10,4)5/h10H,8-9H2,1-7H3,(H,16,19)(H,17,18)/t10-,15-/m0/s1. The molecule has 2 amide bonds. The van der Waals surface area contributed by atoms with Crippen LogP contribution in [0.25, 0.3) is 0 Å². The van der Waals surface area contributed by atoms with Gasteiger partial charge in [0, 0.05) is 24.0 Å². The minimum absolute atomic E-state index is 0.0202.